The normalized spacial score (nSPS) is 23.8. The molecule has 0 aliphatic carbocycles. The number of allylic oxidation sites excluding steroid dienone is 1. The fraction of sp³-hybridized carbons (Fsp3) is 0.440. The summed E-state index contributed by atoms with van der Waals surface area (Å²) < 4.78 is 31.2. The fourth-order valence-corrected chi connectivity index (χ4v) is 4.83. The maximum absolute atomic E-state index is 13.4. The van der Waals surface area contributed by atoms with Crippen molar-refractivity contribution in [3.05, 3.63) is 63.5 Å². The lowest BCUT2D eigenvalue weighted by atomic mass is 10.1. The Bertz CT molecular complexity index is 1500. The van der Waals surface area contributed by atoms with E-state index >= 15 is 0 Å². The maximum Gasteiger partial charge on any atom is 0.339 e. The van der Waals surface area contributed by atoms with Crippen LogP contribution in [0.3, 0.4) is 0 Å². The van der Waals surface area contributed by atoms with Gasteiger partial charge in [0.15, 0.2) is 12.5 Å². The zero-order valence-electron chi connectivity index (χ0n) is 21.6. The van der Waals surface area contributed by atoms with Gasteiger partial charge in [0.2, 0.25) is 0 Å². The second-order valence-electron chi connectivity index (χ2n) is 9.11. The number of rotatable bonds is 11. The standard InChI is InChI=1S/C25H30N6O9/c1-3-6-30-19-14(9-16(26)29-22(19)33)31(25(30)35)23-21-20(15(11-32)38-23)39-18(40-21)12-36-7-8-37-24(34)13-4-5-17(27-2)28-10-13/h3-5,9-10,15,18,20-21,23,32H,1,6-8,11-12H2,2H3,(H,27,28)(H3,26,29,33)/t15-,18?,20-,21-,23-/m1/s1. The summed E-state index contributed by atoms with van der Waals surface area (Å²) in [4.78, 5) is 44.8. The van der Waals surface area contributed by atoms with E-state index in [1.165, 1.54) is 27.5 Å². The second-order valence-corrected chi connectivity index (χ2v) is 9.11. The first-order chi connectivity index (χ1) is 19.4. The Morgan fingerprint density at radius 1 is 1.27 bits per heavy atom. The van der Waals surface area contributed by atoms with E-state index in [-0.39, 0.29) is 43.2 Å². The molecule has 214 valence electrons. The van der Waals surface area contributed by atoms with E-state index in [2.05, 4.69) is 21.9 Å². The Labute approximate surface area is 227 Å². The summed E-state index contributed by atoms with van der Waals surface area (Å²) in [6.07, 6.45) is -1.25. The van der Waals surface area contributed by atoms with Crippen LogP contribution < -0.4 is 22.3 Å². The van der Waals surface area contributed by atoms with Crippen molar-refractivity contribution in [2.24, 2.45) is 0 Å². The van der Waals surface area contributed by atoms with Crippen LogP contribution in [0.1, 0.15) is 16.6 Å². The number of pyridine rings is 2. The number of H-pyrrole nitrogens is 1. The molecule has 5 atom stereocenters. The van der Waals surface area contributed by atoms with Crippen LogP contribution in [0.5, 0.6) is 0 Å². The van der Waals surface area contributed by atoms with E-state index in [4.69, 9.17) is 29.4 Å². The van der Waals surface area contributed by atoms with Crippen LogP contribution in [0.2, 0.25) is 0 Å². The minimum Gasteiger partial charge on any atom is -0.460 e. The number of ether oxygens (including phenoxy) is 5. The molecule has 0 saturated carbocycles. The van der Waals surface area contributed by atoms with Gasteiger partial charge in [-0.25, -0.2) is 14.6 Å². The predicted molar refractivity (Wildman–Crippen MR) is 141 cm³/mol. The van der Waals surface area contributed by atoms with Crippen molar-refractivity contribution in [3.63, 3.8) is 0 Å². The van der Waals surface area contributed by atoms with Crippen molar-refractivity contribution in [2.45, 2.75) is 37.4 Å². The van der Waals surface area contributed by atoms with Crippen LogP contribution in [0, 0.1) is 0 Å². The number of hydrogen-bond acceptors (Lipinski definition) is 12. The van der Waals surface area contributed by atoms with Crippen LogP contribution in [-0.2, 0) is 30.2 Å². The smallest absolute Gasteiger partial charge is 0.339 e. The summed E-state index contributed by atoms with van der Waals surface area (Å²) in [7, 11) is 1.72. The third-order valence-corrected chi connectivity index (χ3v) is 6.59. The molecule has 15 nitrogen and oxygen atoms in total. The van der Waals surface area contributed by atoms with Crippen molar-refractivity contribution in [2.75, 3.05) is 44.5 Å². The molecule has 0 radical (unpaired) electrons. The first-order valence-electron chi connectivity index (χ1n) is 12.6. The van der Waals surface area contributed by atoms with Crippen LogP contribution in [0.15, 0.2) is 46.6 Å². The number of fused-ring (bicyclic) bond motifs is 2. The summed E-state index contributed by atoms with van der Waals surface area (Å²) in [5.41, 5.74) is 5.45. The van der Waals surface area contributed by atoms with E-state index in [1.807, 2.05) is 0 Å². The van der Waals surface area contributed by atoms with E-state index in [0.29, 0.717) is 11.4 Å². The third-order valence-electron chi connectivity index (χ3n) is 6.59. The van der Waals surface area contributed by atoms with Crippen LogP contribution in [-0.4, -0.2) is 88.3 Å². The zero-order chi connectivity index (χ0) is 28.4. The minimum absolute atomic E-state index is 0.00637. The number of anilines is 2. The molecule has 2 aliphatic rings. The quantitative estimate of drug-likeness (QED) is 0.135. The number of aromatic amines is 1. The molecule has 0 amide bonds. The van der Waals surface area contributed by atoms with E-state index in [1.54, 1.807) is 19.2 Å². The molecule has 15 heteroatoms. The molecule has 5 N–H and O–H groups in total. The lowest BCUT2D eigenvalue weighted by Crippen LogP contribution is -2.34. The third kappa shape index (κ3) is 5.12. The van der Waals surface area contributed by atoms with E-state index in [9.17, 15) is 19.5 Å². The highest BCUT2D eigenvalue weighted by molar-refractivity contribution is 5.89. The topological polar surface area (TPSA) is 194 Å². The summed E-state index contributed by atoms with van der Waals surface area (Å²) in [6.45, 7) is 3.41. The highest BCUT2D eigenvalue weighted by Gasteiger charge is 2.54. The van der Waals surface area contributed by atoms with Crippen molar-refractivity contribution in [3.8, 4) is 0 Å². The number of aromatic nitrogens is 4. The average molecular weight is 559 g/mol. The van der Waals surface area contributed by atoms with Gasteiger partial charge in [0, 0.05) is 25.9 Å². The van der Waals surface area contributed by atoms with Gasteiger partial charge in [0.25, 0.3) is 5.56 Å². The number of carbonyl (C=O) groups excluding carboxylic acids is 1. The maximum atomic E-state index is 13.4. The molecule has 5 rings (SSSR count). The molecule has 2 fully saturated rings. The number of nitrogens with one attached hydrogen (secondary N) is 2. The Morgan fingerprint density at radius 2 is 2.08 bits per heavy atom. The number of aliphatic hydroxyl groups is 1. The number of nitrogens with two attached hydrogens (primary N) is 1. The Hall–Kier alpha value is -4.02. The van der Waals surface area contributed by atoms with Gasteiger partial charge in [-0.1, -0.05) is 6.08 Å². The van der Waals surface area contributed by atoms with Gasteiger partial charge in [0.05, 0.1) is 30.9 Å². The molecule has 0 spiro atoms. The number of nitrogens with zero attached hydrogens (tertiary/aromatic N) is 3. The van der Waals surface area contributed by atoms with Gasteiger partial charge in [-0.3, -0.25) is 13.9 Å². The zero-order valence-corrected chi connectivity index (χ0v) is 21.6. The monoisotopic (exact) mass is 558 g/mol. The lowest BCUT2D eigenvalue weighted by molar-refractivity contribution is -0.171. The fourth-order valence-electron chi connectivity index (χ4n) is 4.83. The predicted octanol–water partition coefficient (Wildman–Crippen LogP) is -0.430. The number of nitrogen functional groups attached to an aromatic ring is 1. The van der Waals surface area contributed by atoms with Gasteiger partial charge in [-0.2, -0.15) is 0 Å². The molecule has 0 bridgehead atoms. The molecular formula is C25H30N6O9. The molecule has 40 heavy (non-hydrogen) atoms. The first kappa shape index (κ1) is 27.5. The van der Waals surface area contributed by atoms with Crippen LogP contribution in [0.25, 0.3) is 11.0 Å². The van der Waals surface area contributed by atoms with E-state index in [0.717, 1.165) is 0 Å². The summed E-state index contributed by atoms with van der Waals surface area (Å²) in [6, 6.07) is 4.72. The first-order valence-corrected chi connectivity index (χ1v) is 12.6. The Balaban J connectivity index is 1.24. The summed E-state index contributed by atoms with van der Waals surface area (Å²) in [5, 5.41) is 12.8. The minimum atomic E-state index is -1.02. The number of aliphatic hydroxyl groups excluding tert-OH is 1. The van der Waals surface area contributed by atoms with Gasteiger partial charge >= 0.3 is 11.7 Å². The molecule has 3 aromatic heterocycles. The summed E-state index contributed by atoms with van der Waals surface area (Å²) >= 11 is 0. The van der Waals surface area contributed by atoms with Gasteiger partial charge in [0.1, 0.15) is 42.1 Å². The van der Waals surface area contributed by atoms with Gasteiger partial charge < -0.3 is 44.8 Å². The lowest BCUT2D eigenvalue weighted by Gasteiger charge is -2.20. The molecule has 1 unspecified atom stereocenters. The SMILES string of the molecule is C=CCn1c(=O)n([C@@H]2O[C@H](CO)[C@H]3OC(COCCOC(=O)c4ccc(NC)nc4)O[C@H]32)c2cc(N)[nH]c(=O)c21. The van der Waals surface area contributed by atoms with Crippen LogP contribution >= 0.6 is 0 Å². The highest BCUT2D eigenvalue weighted by Crippen LogP contribution is 2.40. The van der Waals surface area contributed by atoms with Crippen molar-refractivity contribution < 1.29 is 33.6 Å². The van der Waals surface area contributed by atoms with Gasteiger partial charge in [-0.05, 0) is 12.1 Å². The largest absolute Gasteiger partial charge is 0.460 e. The molecule has 3 aromatic rings. The van der Waals surface area contributed by atoms with Gasteiger partial charge in [-0.15, -0.1) is 6.58 Å². The van der Waals surface area contributed by atoms with Crippen molar-refractivity contribution >= 4 is 28.6 Å². The molecular weight excluding hydrogens is 528 g/mol. The summed E-state index contributed by atoms with van der Waals surface area (Å²) in [5.74, 6) is 0.160. The molecule has 0 aromatic carbocycles. The van der Waals surface area contributed by atoms with Crippen molar-refractivity contribution in [1.82, 2.24) is 19.1 Å². The number of hydrogen-bond donors (Lipinski definition) is 4. The molecule has 2 saturated heterocycles. The van der Waals surface area contributed by atoms with E-state index < -0.39 is 54.7 Å². The number of imidazole rings is 1. The molecule has 5 heterocycles. The second kappa shape index (κ2) is 11.6. The number of carbonyl (C=O) groups is 1. The number of esters is 1. The highest BCUT2D eigenvalue weighted by atomic mass is 16.8. The Morgan fingerprint density at radius 3 is 2.77 bits per heavy atom. The molecule has 2 aliphatic heterocycles. The average Bonchev–Trinajstić information content (AvgIpc) is 3.59. The van der Waals surface area contributed by atoms with Crippen LogP contribution in [0.4, 0.5) is 11.6 Å². The Kier molecular flexibility index (Phi) is 7.99. The van der Waals surface area contributed by atoms with Crippen molar-refractivity contribution in [1.29, 1.82) is 0 Å².